The topological polar surface area (TPSA) is 53.1 Å². The van der Waals surface area contributed by atoms with Crippen molar-refractivity contribution in [3.63, 3.8) is 0 Å². The number of amides is 2. The number of ether oxygens (including phenoxy) is 1. The van der Waals surface area contributed by atoms with Crippen molar-refractivity contribution in [3.05, 3.63) is 29.8 Å². The van der Waals surface area contributed by atoms with Crippen LogP contribution in [0.5, 0.6) is 5.75 Å². The van der Waals surface area contributed by atoms with Gasteiger partial charge in [-0.1, -0.05) is 12.1 Å². The number of rotatable bonds is 4. The van der Waals surface area contributed by atoms with Gasteiger partial charge in [0.15, 0.2) is 0 Å². The number of likely N-dealkylation sites (tertiary alicyclic amines) is 1. The van der Waals surface area contributed by atoms with Gasteiger partial charge in [0.2, 0.25) is 11.8 Å². The zero-order valence-electron chi connectivity index (χ0n) is 15.1. The Morgan fingerprint density at radius 2 is 1.80 bits per heavy atom. The maximum atomic E-state index is 12.7. The Kier molecular flexibility index (Phi) is 5.58. The first-order valence-electron chi connectivity index (χ1n) is 8.95. The predicted octanol–water partition coefficient (Wildman–Crippen LogP) is 1.21. The lowest BCUT2D eigenvalue weighted by Crippen LogP contribution is -2.51. The highest BCUT2D eigenvalue weighted by molar-refractivity contribution is 5.87. The number of benzene rings is 1. The van der Waals surface area contributed by atoms with Gasteiger partial charge in [-0.05, 0) is 24.1 Å². The molecule has 2 aliphatic rings. The maximum absolute atomic E-state index is 12.7. The quantitative estimate of drug-likeness (QED) is 0.823. The first-order chi connectivity index (χ1) is 12.1. The van der Waals surface area contributed by atoms with Crippen molar-refractivity contribution >= 4 is 11.8 Å². The first kappa shape index (κ1) is 17.7. The summed E-state index contributed by atoms with van der Waals surface area (Å²) in [5.74, 6) is 0.983. The summed E-state index contributed by atoms with van der Waals surface area (Å²) in [4.78, 5) is 30.5. The normalized spacial score (nSPS) is 22.2. The van der Waals surface area contributed by atoms with Crippen molar-refractivity contribution in [2.45, 2.75) is 19.4 Å². The summed E-state index contributed by atoms with van der Waals surface area (Å²) in [5.41, 5.74) is 1.25. The summed E-state index contributed by atoms with van der Waals surface area (Å²) in [7, 11) is 3.48. The lowest BCUT2D eigenvalue weighted by molar-refractivity contribution is -0.145. The smallest absolute Gasteiger partial charge is 0.226 e. The summed E-state index contributed by atoms with van der Waals surface area (Å²) >= 11 is 0. The molecule has 2 aliphatic heterocycles. The number of methoxy groups -OCH3 is 1. The third-order valence-electron chi connectivity index (χ3n) is 5.26. The molecule has 0 aliphatic carbocycles. The van der Waals surface area contributed by atoms with Gasteiger partial charge in [-0.25, -0.2) is 0 Å². The molecule has 2 amide bonds. The minimum Gasteiger partial charge on any atom is -0.497 e. The largest absolute Gasteiger partial charge is 0.497 e. The summed E-state index contributed by atoms with van der Waals surface area (Å²) in [6.45, 7) is 4.81. The molecule has 1 aromatic rings. The Bertz CT molecular complexity index is 609. The highest BCUT2D eigenvalue weighted by Crippen LogP contribution is 2.21. The van der Waals surface area contributed by atoms with Crippen LogP contribution in [0.25, 0.3) is 0 Å². The fourth-order valence-corrected chi connectivity index (χ4v) is 3.53. The van der Waals surface area contributed by atoms with E-state index in [1.807, 2.05) is 17.0 Å². The molecule has 1 aromatic carbocycles. The number of piperazine rings is 1. The zero-order chi connectivity index (χ0) is 17.8. The summed E-state index contributed by atoms with van der Waals surface area (Å²) in [6.07, 6.45) is 1.15. The van der Waals surface area contributed by atoms with Crippen LogP contribution in [0.4, 0.5) is 0 Å². The van der Waals surface area contributed by atoms with Crippen LogP contribution in [0, 0.1) is 5.92 Å². The van der Waals surface area contributed by atoms with E-state index in [-0.39, 0.29) is 17.7 Å². The highest BCUT2D eigenvalue weighted by Gasteiger charge is 2.32. The van der Waals surface area contributed by atoms with Crippen molar-refractivity contribution in [1.29, 1.82) is 0 Å². The third-order valence-corrected chi connectivity index (χ3v) is 5.26. The average molecular weight is 345 g/mol. The van der Waals surface area contributed by atoms with E-state index in [0.717, 1.165) is 44.9 Å². The van der Waals surface area contributed by atoms with Crippen LogP contribution in [-0.4, -0.2) is 73.4 Å². The number of carbonyl (C=O) groups excluding carboxylic acids is 2. The fourth-order valence-electron chi connectivity index (χ4n) is 3.53. The van der Waals surface area contributed by atoms with Crippen LogP contribution < -0.4 is 4.74 Å². The van der Waals surface area contributed by atoms with E-state index in [1.54, 1.807) is 19.1 Å². The number of hydrogen-bond acceptors (Lipinski definition) is 4. The molecule has 0 N–H and O–H groups in total. The Labute approximate surface area is 149 Å². The molecule has 0 spiro atoms. The summed E-state index contributed by atoms with van der Waals surface area (Å²) in [5, 5.41) is 0. The van der Waals surface area contributed by atoms with Crippen LogP contribution in [0.1, 0.15) is 18.4 Å². The van der Waals surface area contributed by atoms with Crippen LogP contribution in [0.15, 0.2) is 24.3 Å². The van der Waals surface area contributed by atoms with Gasteiger partial charge in [-0.3, -0.25) is 14.5 Å². The molecule has 0 unspecified atom stereocenters. The van der Waals surface area contributed by atoms with Crippen molar-refractivity contribution in [3.8, 4) is 5.75 Å². The minimum atomic E-state index is -0.128. The second kappa shape index (κ2) is 7.87. The number of piperidine rings is 1. The monoisotopic (exact) mass is 345 g/mol. The molecule has 0 radical (unpaired) electrons. The van der Waals surface area contributed by atoms with E-state index in [0.29, 0.717) is 13.0 Å². The second-order valence-electron chi connectivity index (χ2n) is 6.95. The maximum Gasteiger partial charge on any atom is 0.226 e. The van der Waals surface area contributed by atoms with Gasteiger partial charge in [0, 0.05) is 58.7 Å². The van der Waals surface area contributed by atoms with Gasteiger partial charge in [0.25, 0.3) is 0 Å². The Morgan fingerprint density at radius 3 is 2.40 bits per heavy atom. The van der Waals surface area contributed by atoms with Gasteiger partial charge in [0.05, 0.1) is 7.11 Å². The Hall–Kier alpha value is -2.08. The molecule has 0 bridgehead atoms. The summed E-state index contributed by atoms with van der Waals surface area (Å²) in [6, 6.07) is 8.12. The number of hydrogen-bond donors (Lipinski definition) is 0. The molecule has 6 heteroatoms. The van der Waals surface area contributed by atoms with Gasteiger partial charge in [0.1, 0.15) is 5.75 Å². The van der Waals surface area contributed by atoms with Crippen LogP contribution in [0.2, 0.25) is 0 Å². The number of carbonyl (C=O) groups is 2. The van der Waals surface area contributed by atoms with Crippen molar-refractivity contribution < 1.29 is 14.3 Å². The number of nitrogens with zero attached hydrogens (tertiary/aromatic N) is 3. The lowest BCUT2D eigenvalue weighted by Gasteiger charge is -2.38. The molecule has 2 fully saturated rings. The molecule has 3 rings (SSSR count). The molecular formula is C19H27N3O3. The van der Waals surface area contributed by atoms with Gasteiger partial charge in [-0.2, -0.15) is 0 Å². The SMILES string of the molecule is COc1ccc(CN2CCN(C(=O)[C@H]3CCN(C)C(=O)C3)CC2)cc1. The van der Waals surface area contributed by atoms with Gasteiger partial charge in [-0.15, -0.1) is 0 Å². The Balaban J connectivity index is 1.48. The average Bonchev–Trinajstić information content (AvgIpc) is 2.65. The third kappa shape index (κ3) is 4.31. The molecule has 1 atom stereocenters. The standard InChI is InChI=1S/C19H27N3O3/c1-20-8-7-16(13-18(20)23)19(24)22-11-9-21(10-12-22)14-15-3-5-17(25-2)6-4-15/h3-6,16H,7-14H2,1-2H3/t16-/m0/s1. The molecule has 0 aromatic heterocycles. The summed E-state index contributed by atoms with van der Waals surface area (Å²) < 4.78 is 5.19. The first-order valence-corrected chi connectivity index (χ1v) is 8.95. The van der Waals surface area contributed by atoms with E-state index in [4.69, 9.17) is 4.74 Å². The molecule has 0 saturated carbocycles. The minimum absolute atomic E-state index is 0.0859. The Morgan fingerprint density at radius 1 is 1.12 bits per heavy atom. The van der Waals surface area contributed by atoms with E-state index < -0.39 is 0 Å². The van der Waals surface area contributed by atoms with Gasteiger partial charge >= 0.3 is 0 Å². The van der Waals surface area contributed by atoms with E-state index in [1.165, 1.54) is 5.56 Å². The molecule has 6 nitrogen and oxygen atoms in total. The molecule has 2 saturated heterocycles. The molecule has 25 heavy (non-hydrogen) atoms. The van der Waals surface area contributed by atoms with Gasteiger partial charge < -0.3 is 14.5 Å². The van der Waals surface area contributed by atoms with E-state index in [2.05, 4.69) is 17.0 Å². The predicted molar refractivity (Wildman–Crippen MR) is 95.2 cm³/mol. The van der Waals surface area contributed by atoms with E-state index in [9.17, 15) is 9.59 Å². The van der Waals surface area contributed by atoms with E-state index >= 15 is 0 Å². The van der Waals surface area contributed by atoms with Crippen molar-refractivity contribution in [2.75, 3.05) is 46.9 Å². The van der Waals surface area contributed by atoms with Crippen molar-refractivity contribution in [2.24, 2.45) is 5.92 Å². The lowest BCUT2D eigenvalue weighted by atomic mass is 9.94. The van der Waals surface area contributed by atoms with Crippen LogP contribution >= 0.6 is 0 Å². The molecular weight excluding hydrogens is 318 g/mol. The van der Waals surface area contributed by atoms with Crippen LogP contribution in [0.3, 0.4) is 0 Å². The zero-order valence-corrected chi connectivity index (χ0v) is 15.1. The molecule has 2 heterocycles. The fraction of sp³-hybridized carbons (Fsp3) is 0.579. The highest BCUT2D eigenvalue weighted by atomic mass is 16.5. The van der Waals surface area contributed by atoms with Crippen molar-refractivity contribution in [1.82, 2.24) is 14.7 Å². The molecule has 136 valence electrons. The van der Waals surface area contributed by atoms with Crippen LogP contribution in [-0.2, 0) is 16.1 Å². The second-order valence-corrected chi connectivity index (χ2v) is 6.95.